The number of hydrogen-bond acceptors (Lipinski definition) is 7. The van der Waals surface area contributed by atoms with Crippen LogP contribution in [-0.2, 0) is 19.6 Å². The average molecular weight is 461 g/mol. The van der Waals surface area contributed by atoms with E-state index in [1.807, 2.05) is 0 Å². The van der Waals surface area contributed by atoms with Gasteiger partial charge in [-0.25, -0.2) is 17.5 Å². The van der Waals surface area contributed by atoms with Crippen molar-refractivity contribution in [1.29, 1.82) is 0 Å². The van der Waals surface area contributed by atoms with Crippen molar-refractivity contribution in [1.82, 2.24) is 4.31 Å². The molecular formula is C16H17BrN2O7S. The first-order chi connectivity index (χ1) is 12.6. The third kappa shape index (κ3) is 5.08. The van der Waals surface area contributed by atoms with Gasteiger partial charge in [0.05, 0.1) is 17.7 Å². The molecule has 2 aromatic rings. The fourth-order valence-corrected chi connectivity index (χ4v) is 3.20. The van der Waals surface area contributed by atoms with E-state index in [9.17, 15) is 18.0 Å². The molecule has 0 radical (unpaired) electrons. The zero-order valence-corrected chi connectivity index (χ0v) is 17.1. The van der Waals surface area contributed by atoms with Crippen LogP contribution >= 0.6 is 15.9 Å². The minimum absolute atomic E-state index is 0.0268. The molecule has 1 aromatic heterocycles. The second-order valence-corrected chi connectivity index (χ2v) is 8.31. The number of esters is 1. The first-order valence-corrected chi connectivity index (χ1v) is 9.71. The Morgan fingerprint density at radius 2 is 1.93 bits per heavy atom. The maximum Gasteiger partial charge on any atom is 0.374 e. The predicted octanol–water partition coefficient (Wildman–Crippen LogP) is 2.10. The van der Waals surface area contributed by atoms with E-state index >= 15 is 0 Å². The highest BCUT2D eigenvalue weighted by atomic mass is 79.9. The lowest BCUT2D eigenvalue weighted by atomic mass is 10.3. The maximum atomic E-state index is 12.2. The van der Waals surface area contributed by atoms with Gasteiger partial charge >= 0.3 is 5.97 Å². The summed E-state index contributed by atoms with van der Waals surface area (Å²) in [7, 11) is 0.466. The highest BCUT2D eigenvalue weighted by Crippen LogP contribution is 2.28. The molecule has 11 heteroatoms. The van der Waals surface area contributed by atoms with Crippen molar-refractivity contribution in [3.05, 3.63) is 40.8 Å². The normalized spacial score (nSPS) is 11.3. The maximum absolute atomic E-state index is 12.2. The molecule has 146 valence electrons. The van der Waals surface area contributed by atoms with Crippen LogP contribution in [0.3, 0.4) is 0 Å². The van der Waals surface area contributed by atoms with Gasteiger partial charge in [-0.3, -0.25) is 4.79 Å². The smallest absolute Gasteiger partial charge is 0.374 e. The van der Waals surface area contributed by atoms with Crippen LogP contribution in [0.5, 0.6) is 5.75 Å². The third-order valence-corrected chi connectivity index (χ3v) is 5.57. The van der Waals surface area contributed by atoms with Crippen LogP contribution in [0.25, 0.3) is 0 Å². The molecule has 1 aromatic carbocycles. The van der Waals surface area contributed by atoms with Gasteiger partial charge in [0.25, 0.3) is 5.91 Å². The number of amides is 1. The molecule has 0 saturated carbocycles. The molecule has 0 bridgehead atoms. The van der Waals surface area contributed by atoms with Crippen LogP contribution in [0, 0.1) is 0 Å². The van der Waals surface area contributed by atoms with Gasteiger partial charge in [-0.2, -0.15) is 0 Å². The van der Waals surface area contributed by atoms with Crippen molar-refractivity contribution in [2.75, 3.05) is 33.1 Å². The van der Waals surface area contributed by atoms with E-state index in [1.165, 1.54) is 51.5 Å². The number of anilines is 1. The summed E-state index contributed by atoms with van der Waals surface area (Å²) in [5.74, 6) is -1.30. The van der Waals surface area contributed by atoms with Crippen molar-refractivity contribution in [2.24, 2.45) is 0 Å². The van der Waals surface area contributed by atoms with Gasteiger partial charge in [-0.1, -0.05) is 0 Å². The molecule has 0 fully saturated rings. The fourth-order valence-electron chi connectivity index (χ4n) is 1.97. The zero-order chi connectivity index (χ0) is 20.2. The molecule has 0 atom stereocenters. The Morgan fingerprint density at radius 1 is 1.22 bits per heavy atom. The summed E-state index contributed by atoms with van der Waals surface area (Å²) in [6.07, 6.45) is 0. The Morgan fingerprint density at radius 3 is 2.48 bits per heavy atom. The summed E-state index contributed by atoms with van der Waals surface area (Å²) in [4.78, 5) is 23.8. The van der Waals surface area contributed by atoms with Crippen molar-refractivity contribution < 1.29 is 31.9 Å². The van der Waals surface area contributed by atoms with Crippen LogP contribution in [0.1, 0.15) is 10.6 Å². The highest BCUT2D eigenvalue weighted by Gasteiger charge is 2.20. The Kier molecular flexibility index (Phi) is 6.63. The predicted molar refractivity (Wildman–Crippen MR) is 99.2 cm³/mol. The number of ether oxygens (including phenoxy) is 2. The SMILES string of the molecule is COc1ccc(S(=O)(=O)N(C)C)cc1NC(=O)COC(=O)c1ccc(Br)o1. The molecule has 0 spiro atoms. The van der Waals surface area contributed by atoms with Gasteiger partial charge in [-0.15, -0.1) is 0 Å². The van der Waals surface area contributed by atoms with E-state index in [0.717, 1.165) is 4.31 Å². The Labute approximate surface area is 164 Å². The number of hydrogen-bond donors (Lipinski definition) is 1. The van der Waals surface area contributed by atoms with Gasteiger partial charge in [-0.05, 0) is 46.3 Å². The third-order valence-electron chi connectivity index (χ3n) is 3.33. The Hall–Kier alpha value is -2.37. The molecule has 0 unspecified atom stereocenters. The van der Waals surface area contributed by atoms with E-state index in [2.05, 4.69) is 21.2 Å². The van der Waals surface area contributed by atoms with Crippen LogP contribution in [0.4, 0.5) is 5.69 Å². The number of nitrogens with one attached hydrogen (secondary N) is 1. The van der Waals surface area contributed by atoms with Crippen LogP contribution in [-0.4, -0.2) is 52.4 Å². The molecule has 27 heavy (non-hydrogen) atoms. The van der Waals surface area contributed by atoms with E-state index in [4.69, 9.17) is 13.9 Å². The zero-order valence-electron chi connectivity index (χ0n) is 14.7. The van der Waals surface area contributed by atoms with Crippen LogP contribution in [0.15, 0.2) is 44.3 Å². The highest BCUT2D eigenvalue weighted by molar-refractivity contribution is 9.10. The monoisotopic (exact) mass is 460 g/mol. The standard InChI is InChI=1S/C16H17BrN2O7S/c1-19(2)27(22,23)10-4-5-12(24-3)11(8-10)18-15(20)9-25-16(21)13-6-7-14(17)26-13/h4-8H,9H2,1-3H3,(H,18,20). The summed E-state index contributed by atoms with van der Waals surface area (Å²) in [5.41, 5.74) is 0.127. The topological polar surface area (TPSA) is 115 Å². The largest absolute Gasteiger partial charge is 0.495 e. The number of carbonyl (C=O) groups excluding carboxylic acids is 2. The molecule has 1 heterocycles. The molecule has 1 amide bonds. The number of methoxy groups -OCH3 is 1. The number of benzene rings is 1. The van der Waals surface area contributed by atoms with Gasteiger partial charge < -0.3 is 19.2 Å². The number of halogens is 1. The van der Waals surface area contributed by atoms with Crippen molar-refractivity contribution in [3.63, 3.8) is 0 Å². The molecule has 1 N–H and O–H groups in total. The lowest BCUT2D eigenvalue weighted by molar-refractivity contribution is -0.119. The lowest BCUT2D eigenvalue weighted by Crippen LogP contribution is -2.23. The summed E-state index contributed by atoms with van der Waals surface area (Å²) >= 11 is 3.05. The van der Waals surface area contributed by atoms with Crippen molar-refractivity contribution >= 4 is 43.5 Å². The van der Waals surface area contributed by atoms with E-state index in [0.29, 0.717) is 4.67 Å². The van der Waals surface area contributed by atoms with E-state index in [-0.39, 0.29) is 22.1 Å². The second kappa shape index (κ2) is 8.55. The summed E-state index contributed by atoms with van der Waals surface area (Å²) < 4.78 is 40.9. The van der Waals surface area contributed by atoms with Crippen molar-refractivity contribution in [3.8, 4) is 5.75 Å². The van der Waals surface area contributed by atoms with Crippen LogP contribution < -0.4 is 10.1 Å². The molecule has 0 aliphatic heterocycles. The molecule has 0 saturated heterocycles. The molecule has 0 aliphatic rings. The van der Waals surface area contributed by atoms with Gasteiger partial charge in [0.1, 0.15) is 5.75 Å². The number of sulfonamides is 1. The van der Waals surface area contributed by atoms with Gasteiger partial charge in [0.15, 0.2) is 11.3 Å². The van der Waals surface area contributed by atoms with Gasteiger partial charge in [0.2, 0.25) is 15.8 Å². The lowest BCUT2D eigenvalue weighted by Gasteiger charge is -2.15. The molecule has 9 nitrogen and oxygen atoms in total. The fraction of sp³-hybridized carbons (Fsp3) is 0.250. The number of rotatable bonds is 7. The number of carbonyl (C=O) groups is 2. The quantitative estimate of drug-likeness (QED) is 0.628. The average Bonchev–Trinajstić information content (AvgIpc) is 3.06. The first kappa shape index (κ1) is 20.9. The van der Waals surface area contributed by atoms with Crippen molar-refractivity contribution in [2.45, 2.75) is 4.90 Å². The number of nitrogens with zero attached hydrogens (tertiary/aromatic N) is 1. The number of furan rings is 1. The minimum atomic E-state index is -3.70. The summed E-state index contributed by atoms with van der Waals surface area (Å²) in [5, 5.41) is 2.46. The van der Waals surface area contributed by atoms with E-state index < -0.39 is 28.5 Å². The van der Waals surface area contributed by atoms with E-state index in [1.54, 1.807) is 0 Å². The second-order valence-electron chi connectivity index (χ2n) is 5.38. The molecular weight excluding hydrogens is 444 g/mol. The van der Waals surface area contributed by atoms with Crippen LogP contribution in [0.2, 0.25) is 0 Å². The Balaban J connectivity index is 2.11. The minimum Gasteiger partial charge on any atom is -0.495 e. The van der Waals surface area contributed by atoms with Gasteiger partial charge in [0, 0.05) is 14.1 Å². The molecule has 2 rings (SSSR count). The summed E-state index contributed by atoms with van der Waals surface area (Å²) in [6, 6.07) is 6.94. The summed E-state index contributed by atoms with van der Waals surface area (Å²) in [6.45, 7) is -0.592. The Bertz CT molecular complexity index is 953. The first-order valence-electron chi connectivity index (χ1n) is 7.48. The molecule has 0 aliphatic carbocycles.